The standard InChI is InChI=1S/C13H20N2O3/c1-11-8-14-9-12(18-11)10-17-7-6-15-5-3-2-4-13(15)16/h2-5,11-12,14H,6-10H2,1H3. The fourth-order valence-electron chi connectivity index (χ4n) is 1.99. The number of nitrogens with zero attached hydrogens (tertiary/aromatic N) is 1. The Morgan fingerprint density at radius 2 is 2.39 bits per heavy atom. The van der Waals surface area contributed by atoms with Crippen LogP contribution in [0, 0.1) is 0 Å². The molecule has 0 aromatic carbocycles. The van der Waals surface area contributed by atoms with Gasteiger partial charge in [-0.25, -0.2) is 0 Å². The Bertz CT molecular complexity index is 419. The number of pyridine rings is 1. The minimum Gasteiger partial charge on any atom is -0.377 e. The van der Waals surface area contributed by atoms with Gasteiger partial charge >= 0.3 is 0 Å². The number of morpholine rings is 1. The maximum atomic E-state index is 11.4. The third-order valence-corrected chi connectivity index (χ3v) is 2.91. The molecule has 2 rings (SSSR count). The maximum absolute atomic E-state index is 11.4. The van der Waals surface area contributed by atoms with E-state index < -0.39 is 0 Å². The van der Waals surface area contributed by atoms with Gasteiger partial charge in [0.15, 0.2) is 0 Å². The second-order valence-electron chi connectivity index (χ2n) is 4.53. The van der Waals surface area contributed by atoms with Crippen LogP contribution in [0.1, 0.15) is 6.92 Å². The van der Waals surface area contributed by atoms with Crippen LogP contribution in [0.2, 0.25) is 0 Å². The summed E-state index contributed by atoms with van der Waals surface area (Å²) in [5, 5.41) is 3.29. The smallest absolute Gasteiger partial charge is 0.250 e. The second kappa shape index (κ2) is 6.68. The quantitative estimate of drug-likeness (QED) is 0.763. The van der Waals surface area contributed by atoms with Crippen molar-refractivity contribution >= 4 is 0 Å². The lowest BCUT2D eigenvalue weighted by Gasteiger charge is -2.28. The van der Waals surface area contributed by atoms with Crippen LogP contribution in [0.25, 0.3) is 0 Å². The van der Waals surface area contributed by atoms with Crippen LogP contribution in [0.4, 0.5) is 0 Å². The van der Waals surface area contributed by atoms with Crippen LogP contribution in [-0.2, 0) is 16.0 Å². The molecule has 18 heavy (non-hydrogen) atoms. The zero-order valence-corrected chi connectivity index (χ0v) is 10.7. The normalized spacial score (nSPS) is 24.1. The molecule has 2 unspecified atom stereocenters. The van der Waals surface area contributed by atoms with Gasteiger partial charge in [-0.1, -0.05) is 6.07 Å². The maximum Gasteiger partial charge on any atom is 0.250 e. The Kier molecular flexibility index (Phi) is 4.92. The third-order valence-electron chi connectivity index (χ3n) is 2.91. The van der Waals surface area contributed by atoms with E-state index in [0.29, 0.717) is 19.8 Å². The van der Waals surface area contributed by atoms with Gasteiger partial charge in [-0.05, 0) is 13.0 Å². The molecule has 1 aliphatic heterocycles. The molecule has 1 fully saturated rings. The molecule has 2 atom stereocenters. The van der Waals surface area contributed by atoms with E-state index in [2.05, 4.69) is 5.32 Å². The van der Waals surface area contributed by atoms with Gasteiger partial charge in [0, 0.05) is 31.9 Å². The number of nitrogens with one attached hydrogen (secondary N) is 1. The summed E-state index contributed by atoms with van der Waals surface area (Å²) in [6.45, 7) is 5.45. The lowest BCUT2D eigenvalue weighted by molar-refractivity contribution is -0.0693. The predicted molar refractivity (Wildman–Crippen MR) is 68.7 cm³/mol. The molecule has 1 N–H and O–H groups in total. The summed E-state index contributed by atoms with van der Waals surface area (Å²) in [7, 11) is 0. The number of rotatable bonds is 5. The second-order valence-corrected chi connectivity index (χ2v) is 4.53. The Morgan fingerprint density at radius 3 is 3.17 bits per heavy atom. The van der Waals surface area contributed by atoms with E-state index in [9.17, 15) is 4.79 Å². The first kappa shape index (κ1) is 13.3. The number of ether oxygens (including phenoxy) is 2. The highest BCUT2D eigenvalue weighted by Crippen LogP contribution is 2.03. The molecule has 5 nitrogen and oxygen atoms in total. The summed E-state index contributed by atoms with van der Waals surface area (Å²) in [6, 6.07) is 5.13. The van der Waals surface area contributed by atoms with Crippen molar-refractivity contribution in [3.8, 4) is 0 Å². The Morgan fingerprint density at radius 1 is 1.50 bits per heavy atom. The summed E-state index contributed by atoms with van der Waals surface area (Å²) in [5.41, 5.74) is 0.00491. The highest BCUT2D eigenvalue weighted by Gasteiger charge is 2.18. The molecule has 1 aliphatic rings. The van der Waals surface area contributed by atoms with Crippen LogP contribution < -0.4 is 10.9 Å². The molecule has 0 aliphatic carbocycles. The summed E-state index contributed by atoms with van der Waals surface area (Å²) in [4.78, 5) is 11.4. The van der Waals surface area contributed by atoms with Gasteiger partial charge in [0.2, 0.25) is 0 Å². The molecule has 0 spiro atoms. The van der Waals surface area contributed by atoms with Crippen LogP contribution in [0.5, 0.6) is 0 Å². The Labute approximate surface area is 107 Å². The van der Waals surface area contributed by atoms with Crippen LogP contribution in [0.15, 0.2) is 29.2 Å². The fourth-order valence-corrected chi connectivity index (χ4v) is 1.99. The highest BCUT2D eigenvalue weighted by atomic mass is 16.5. The number of aromatic nitrogens is 1. The minimum absolute atomic E-state index is 0.00491. The summed E-state index contributed by atoms with van der Waals surface area (Å²) in [6.07, 6.45) is 2.12. The van der Waals surface area contributed by atoms with E-state index >= 15 is 0 Å². The van der Waals surface area contributed by atoms with Crippen molar-refractivity contribution in [1.29, 1.82) is 0 Å². The predicted octanol–water partition coefficient (Wildman–Crippen LogP) is 0.242. The van der Waals surface area contributed by atoms with Crippen molar-refractivity contribution in [2.75, 3.05) is 26.3 Å². The molecule has 5 heteroatoms. The van der Waals surface area contributed by atoms with Crippen molar-refractivity contribution in [2.45, 2.75) is 25.7 Å². The zero-order valence-electron chi connectivity index (χ0n) is 10.7. The molecule has 1 aromatic heterocycles. The lowest BCUT2D eigenvalue weighted by Crippen LogP contribution is -2.45. The van der Waals surface area contributed by atoms with Crippen LogP contribution in [0.3, 0.4) is 0 Å². The van der Waals surface area contributed by atoms with E-state index in [1.165, 1.54) is 0 Å². The summed E-state index contributed by atoms with van der Waals surface area (Å²) < 4.78 is 12.9. The molecule has 0 saturated carbocycles. The topological polar surface area (TPSA) is 52.5 Å². The molecular weight excluding hydrogens is 232 g/mol. The number of hydrogen-bond acceptors (Lipinski definition) is 4. The van der Waals surface area contributed by atoms with Gasteiger partial charge < -0.3 is 19.4 Å². The first-order chi connectivity index (χ1) is 8.75. The summed E-state index contributed by atoms with van der Waals surface area (Å²) >= 11 is 0. The van der Waals surface area contributed by atoms with Crippen molar-refractivity contribution < 1.29 is 9.47 Å². The van der Waals surface area contributed by atoms with Crippen molar-refractivity contribution in [1.82, 2.24) is 9.88 Å². The molecule has 1 saturated heterocycles. The Balaban J connectivity index is 1.67. The summed E-state index contributed by atoms with van der Waals surface area (Å²) in [5.74, 6) is 0. The third kappa shape index (κ3) is 3.94. The molecule has 0 radical (unpaired) electrons. The SMILES string of the molecule is CC1CNCC(COCCn2ccccc2=O)O1. The van der Waals surface area contributed by atoms with Crippen LogP contribution in [-0.4, -0.2) is 43.1 Å². The largest absolute Gasteiger partial charge is 0.377 e. The average Bonchev–Trinajstić information content (AvgIpc) is 2.37. The van der Waals surface area contributed by atoms with Gasteiger partial charge in [0.05, 0.1) is 25.4 Å². The van der Waals surface area contributed by atoms with E-state index in [0.717, 1.165) is 13.1 Å². The van der Waals surface area contributed by atoms with Gasteiger partial charge in [-0.2, -0.15) is 0 Å². The van der Waals surface area contributed by atoms with Crippen LogP contribution >= 0.6 is 0 Å². The van der Waals surface area contributed by atoms with Crippen molar-refractivity contribution in [2.24, 2.45) is 0 Å². The zero-order chi connectivity index (χ0) is 12.8. The van der Waals surface area contributed by atoms with Gasteiger partial charge in [-0.15, -0.1) is 0 Å². The van der Waals surface area contributed by atoms with Gasteiger partial charge in [-0.3, -0.25) is 4.79 Å². The molecule has 0 amide bonds. The van der Waals surface area contributed by atoms with E-state index in [4.69, 9.17) is 9.47 Å². The van der Waals surface area contributed by atoms with Crippen molar-refractivity contribution in [3.05, 3.63) is 34.7 Å². The monoisotopic (exact) mass is 252 g/mol. The van der Waals surface area contributed by atoms with Gasteiger partial charge in [0.25, 0.3) is 5.56 Å². The lowest BCUT2D eigenvalue weighted by atomic mass is 10.2. The van der Waals surface area contributed by atoms with Gasteiger partial charge in [0.1, 0.15) is 0 Å². The highest BCUT2D eigenvalue weighted by molar-refractivity contribution is 4.92. The molecule has 2 heterocycles. The van der Waals surface area contributed by atoms with E-state index in [-0.39, 0.29) is 17.8 Å². The molecule has 100 valence electrons. The first-order valence-corrected chi connectivity index (χ1v) is 6.35. The number of hydrogen-bond donors (Lipinski definition) is 1. The van der Waals surface area contributed by atoms with Crippen molar-refractivity contribution in [3.63, 3.8) is 0 Å². The Hall–Kier alpha value is -1.17. The first-order valence-electron chi connectivity index (χ1n) is 6.35. The van der Waals surface area contributed by atoms with E-state index in [1.807, 2.05) is 13.0 Å². The van der Waals surface area contributed by atoms with E-state index in [1.54, 1.807) is 22.9 Å². The molecule has 1 aromatic rings. The molecule has 0 bridgehead atoms. The fraction of sp³-hybridized carbons (Fsp3) is 0.615. The average molecular weight is 252 g/mol. The minimum atomic E-state index is 0.00491. The molecular formula is C13H20N2O3.